The summed E-state index contributed by atoms with van der Waals surface area (Å²) in [6, 6.07) is 3.89. The monoisotopic (exact) mass is 440 g/mol. The van der Waals surface area contributed by atoms with Gasteiger partial charge in [-0.1, -0.05) is 6.07 Å². The van der Waals surface area contributed by atoms with Crippen molar-refractivity contribution >= 4 is 47.4 Å². The van der Waals surface area contributed by atoms with Gasteiger partial charge in [0.15, 0.2) is 5.17 Å². The molecule has 1 atom stereocenters. The molecule has 2 N–H and O–H groups in total. The summed E-state index contributed by atoms with van der Waals surface area (Å²) in [6.45, 7) is 2.07. The number of hydrogen-bond donors (Lipinski definition) is 2. The molecule has 29 heavy (non-hydrogen) atoms. The van der Waals surface area contributed by atoms with Crippen molar-refractivity contribution in [2.75, 3.05) is 19.6 Å². The van der Waals surface area contributed by atoms with Crippen LogP contribution in [-0.2, 0) is 4.79 Å². The Morgan fingerprint density at radius 3 is 2.86 bits per heavy atom. The van der Waals surface area contributed by atoms with Crippen LogP contribution in [-0.4, -0.2) is 51.8 Å². The summed E-state index contributed by atoms with van der Waals surface area (Å²) in [7, 11) is 0. The van der Waals surface area contributed by atoms with Gasteiger partial charge < -0.3 is 10.0 Å². The average Bonchev–Trinajstić information content (AvgIpc) is 3.31. The molecule has 3 aliphatic rings. The van der Waals surface area contributed by atoms with Crippen LogP contribution in [0.3, 0.4) is 0 Å². The Morgan fingerprint density at radius 2 is 2.14 bits per heavy atom. The Labute approximate surface area is 178 Å². The first-order valence-corrected chi connectivity index (χ1v) is 10.2. The first-order valence-electron chi connectivity index (χ1n) is 9.35. The van der Waals surface area contributed by atoms with Gasteiger partial charge in [-0.05, 0) is 66.8 Å². The summed E-state index contributed by atoms with van der Waals surface area (Å²) in [5.41, 5.74) is 4.47. The number of halogens is 2. The number of thioether (sulfide) groups is 1. The average molecular weight is 441 g/mol. The maximum atomic E-state index is 13.9. The third kappa shape index (κ3) is 4.57. The van der Waals surface area contributed by atoms with Crippen molar-refractivity contribution in [1.82, 2.24) is 15.3 Å². The minimum absolute atomic E-state index is 0. The third-order valence-electron chi connectivity index (χ3n) is 5.14. The number of nitrogens with one attached hydrogen (secondary N) is 1. The molecule has 0 bridgehead atoms. The Bertz CT molecular complexity index is 873. The van der Waals surface area contributed by atoms with Gasteiger partial charge in [0, 0.05) is 19.6 Å². The lowest BCUT2D eigenvalue weighted by Crippen LogP contribution is -2.45. The molecule has 2 amide bonds. The van der Waals surface area contributed by atoms with Crippen LogP contribution < -0.4 is 5.43 Å². The normalized spacial score (nSPS) is 23.3. The van der Waals surface area contributed by atoms with Crippen LogP contribution in [0.15, 0.2) is 28.1 Å². The standard InChI is InChI=1S/C19H21FN4O3S.ClH/c20-13-6-5-12(14(11-13)15-4-3-8-23(15)19(26)27)10-16-17(25)22-18(28-16)24-9-2-1-7-21-24;/h5-6,10-11,15,21H,1-4,7-9H2,(H,26,27);1H/b16-10+;. The summed E-state index contributed by atoms with van der Waals surface area (Å²) in [6.07, 6.45) is 4.16. The van der Waals surface area contributed by atoms with E-state index in [1.165, 1.54) is 28.8 Å². The van der Waals surface area contributed by atoms with Crippen molar-refractivity contribution < 1.29 is 19.1 Å². The summed E-state index contributed by atoms with van der Waals surface area (Å²) in [5.74, 6) is -0.751. The van der Waals surface area contributed by atoms with E-state index in [9.17, 15) is 19.1 Å². The van der Waals surface area contributed by atoms with Crippen molar-refractivity contribution in [2.24, 2.45) is 4.99 Å². The molecule has 3 heterocycles. The van der Waals surface area contributed by atoms with Crippen molar-refractivity contribution in [1.29, 1.82) is 0 Å². The van der Waals surface area contributed by atoms with Gasteiger partial charge in [0.25, 0.3) is 5.91 Å². The van der Waals surface area contributed by atoms with Crippen LogP contribution in [0.2, 0.25) is 0 Å². The zero-order valence-electron chi connectivity index (χ0n) is 15.6. The summed E-state index contributed by atoms with van der Waals surface area (Å²) in [5, 5.41) is 11.9. The van der Waals surface area contributed by atoms with Gasteiger partial charge in [-0.3, -0.25) is 9.80 Å². The molecule has 2 fully saturated rings. The van der Waals surface area contributed by atoms with Crippen LogP contribution in [0.5, 0.6) is 0 Å². The number of carboxylic acid groups (broad SMARTS) is 1. The quantitative estimate of drug-likeness (QED) is 0.683. The molecule has 1 aromatic rings. The summed E-state index contributed by atoms with van der Waals surface area (Å²) >= 11 is 1.28. The molecule has 7 nitrogen and oxygen atoms in total. The maximum Gasteiger partial charge on any atom is 0.407 e. The van der Waals surface area contributed by atoms with E-state index >= 15 is 0 Å². The Morgan fingerprint density at radius 1 is 1.31 bits per heavy atom. The lowest BCUT2D eigenvalue weighted by molar-refractivity contribution is -0.113. The number of carbonyl (C=O) groups excluding carboxylic acids is 1. The first-order chi connectivity index (χ1) is 13.5. The summed E-state index contributed by atoms with van der Waals surface area (Å²) in [4.78, 5) is 29.8. The minimum atomic E-state index is -1.02. The van der Waals surface area contributed by atoms with E-state index in [1.807, 2.05) is 5.01 Å². The molecule has 0 aromatic heterocycles. The number of hydrazine groups is 1. The van der Waals surface area contributed by atoms with Crippen molar-refractivity contribution in [2.45, 2.75) is 31.7 Å². The second-order valence-corrected chi connectivity index (χ2v) is 7.99. The van der Waals surface area contributed by atoms with Gasteiger partial charge >= 0.3 is 6.09 Å². The molecule has 0 radical (unpaired) electrons. The molecular formula is C19H22ClFN4O3S. The van der Waals surface area contributed by atoms with E-state index in [-0.39, 0.29) is 18.3 Å². The highest BCUT2D eigenvalue weighted by atomic mass is 35.5. The van der Waals surface area contributed by atoms with Gasteiger partial charge in [0.1, 0.15) is 5.82 Å². The van der Waals surface area contributed by atoms with E-state index in [4.69, 9.17) is 0 Å². The molecule has 4 rings (SSSR count). The second-order valence-electron chi connectivity index (χ2n) is 6.98. The SMILES string of the molecule is Cl.O=C1N=C(N2CCCCN2)S/C1=C/c1ccc(F)cc1C1CCCN1C(=O)O. The Kier molecular flexibility index (Phi) is 6.81. The van der Waals surface area contributed by atoms with Gasteiger partial charge in [-0.15, -0.1) is 12.4 Å². The third-order valence-corrected chi connectivity index (χ3v) is 6.15. The van der Waals surface area contributed by atoms with E-state index in [1.54, 1.807) is 12.1 Å². The molecule has 156 valence electrons. The smallest absolute Gasteiger partial charge is 0.407 e. The molecular weight excluding hydrogens is 419 g/mol. The second kappa shape index (κ2) is 9.15. The molecule has 1 aromatic carbocycles. The largest absolute Gasteiger partial charge is 0.465 e. The number of rotatable bonds is 2. The lowest BCUT2D eigenvalue weighted by atomic mass is 9.97. The maximum absolute atomic E-state index is 13.9. The molecule has 0 saturated carbocycles. The van der Waals surface area contributed by atoms with E-state index in [0.717, 1.165) is 32.4 Å². The van der Waals surface area contributed by atoms with Crippen LogP contribution in [0.4, 0.5) is 9.18 Å². The highest BCUT2D eigenvalue weighted by molar-refractivity contribution is 8.18. The number of nitrogens with zero attached hydrogens (tertiary/aromatic N) is 3. The molecule has 3 aliphatic heterocycles. The highest BCUT2D eigenvalue weighted by Crippen LogP contribution is 2.37. The number of amidine groups is 1. The van der Waals surface area contributed by atoms with Gasteiger partial charge in [0.2, 0.25) is 0 Å². The van der Waals surface area contributed by atoms with Gasteiger partial charge in [-0.25, -0.2) is 14.6 Å². The molecule has 2 saturated heterocycles. The number of hydrogen-bond acceptors (Lipinski definition) is 5. The van der Waals surface area contributed by atoms with Gasteiger partial charge in [-0.2, -0.15) is 4.99 Å². The fourth-order valence-corrected chi connectivity index (χ4v) is 4.70. The highest BCUT2D eigenvalue weighted by Gasteiger charge is 2.32. The Hall–Kier alpha value is -2.10. The first kappa shape index (κ1) is 21.6. The number of amides is 2. The van der Waals surface area contributed by atoms with Crippen molar-refractivity contribution in [3.63, 3.8) is 0 Å². The van der Waals surface area contributed by atoms with E-state index in [2.05, 4.69) is 10.4 Å². The van der Waals surface area contributed by atoms with Crippen LogP contribution in [0.25, 0.3) is 6.08 Å². The zero-order valence-corrected chi connectivity index (χ0v) is 17.3. The van der Waals surface area contributed by atoms with Crippen LogP contribution in [0, 0.1) is 5.82 Å². The predicted octanol–water partition coefficient (Wildman–Crippen LogP) is 3.63. The number of likely N-dealkylation sites (tertiary alicyclic amines) is 1. The minimum Gasteiger partial charge on any atom is -0.465 e. The van der Waals surface area contributed by atoms with Crippen molar-refractivity contribution in [3.8, 4) is 0 Å². The fraction of sp³-hybridized carbons (Fsp3) is 0.421. The van der Waals surface area contributed by atoms with E-state index in [0.29, 0.717) is 34.2 Å². The van der Waals surface area contributed by atoms with Crippen LogP contribution in [0.1, 0.15) is 42.9 Å². The fourth-order valence-electron chi connectivity index (χ4n) is 3.79. The molecule has 0 aliphatic carbocycles. The number of aliphatic imine (C=N–C) groups is 1. The Balaban J connectivity index is 0.00000240. The predicted molar refractivity (Wildman–Crippen MR) is 112 cm³/mol. The topological polar surface area (TPSA) is 85.2 Å². The molecule has 1 unspecified atom stereocenters. The number of benzene rings is 1. The summed E-state index contributed by atoms with van der Waals surface area (Å²) < 4.78 is 13.9. The van der Waals surface area contributed by atoms with Crippen molar-refractivity contribution in [3.05, 3.63) is 40.0 Å². The van der Waals surface area contributed by atoms with E-state index < -0.39 is 18.0 Å². The lowest BCUT2D eigenvalue weighted by Gasteiger charge is -2.28. The van der Waals surface area contributed by atoms with Gasteiger partial charge in [0.05, 0.1) is 10.9 Å². The molecule has 0 spiro atoms. The van der Waals surface area contributed by atoms with Crippen LogP contribution >= 0.6 is 24.2 Å². The number of carbonyl (C=O) groups is 2. The molecule has 10 heteroatoms. The zero-order chi connectivity index (χ0) is 19.7.